The molecule has 3 aromatic rings. The lowest BCUT2D eigenvalue weighted by Gasteiger charge is -2.11. The number of halogens is 3. The summed E-state index contributed by atoms with van der Waals surface area (Å²) in [5.74, 6) is 0.528. The number of pyridine rings is 1. The van der Waals surface area contributed by atoms with Gasteiger partial charge >= 0.3 is 5.51 Å². The van der Waals surface area contributed by atoms with Crippen LogP contribution in [0.15, 0.2) is 47.8 Å². The molecule has 0 aliphatic rings. The van der Waals surface area contributed by atoms with Crippen molar-refractivity contribution in [2.24, 2.45) is 0 Å². The fourth-order valence-corrected chi connectivity index (χ4v) is 3.44. The largest absolute Gasteiger partial charge is 0.446 e. The Balaban J connectivity index is 1.75. The second-order valence-electron chi connectivity index (χ2n) is 6.42. The van der Waals surface area contributed by atoms with Crippen LogP contribution in [0.5, 0.6) is 0 Å². The first-order valence-electron chi connectivity index (χ1n) is 9.31. The summed E-state index contributed by atoms with van der Waals surface area (Å²) in [4.78, 5) is 21.1. The normalized spacial score (nSPS) is 11.5. The first-order valence-corrected chi connectivity index (χ1v) is 10.1. The zero-order valence-electron chi connectivity index (χ0n) is 16.4. The molecule has 0 fully saturated rings. The molecule has 0 aliphatic carbocycles. The van der Waals surface area contributed by atoms with E-state index in [9.17, 15) is 18.0 Å². The van der Waals surface area contributed by atoms with Gasteiger partial charge in [0.05, 0.1) is 6.54 Å². The van der Waals surface area contributed by atoms with Crippen molar-refractivity contribution < 1.29 is 18.0 Å². The molecule has 0 saturated carbocycles. The number of aromatic nitrogens is 4. The number of carbonyl (C=O) groups excluding carboxylic acids is 1. The Labute approximate surface area is 175 Å². The number of aryl methyl sites for hydroxylation is 2. The lowest BCUT2D eigenvalue weighted by molar-refractivity contribution is -0.0328. The van der Waals surface area contributed by atoms with Crippen molar-refractivity contribution >= 4 is 17.7 Å². The van der Waals surface area contributed by atoms with Crippen LogP contribution in [0.3, 0.4) is 0 Å². The summed E-state index contributed by atoms with van der Waals surface area (Å²) in [5, 5.41) is 6.83. The van der Waals surface area contributed by atoms with Crippen molar-refractivity contribution in [2.75, 3.05) is 0 Å². The van der Waals surface area contributed by atoms with Crippen LogP contribution in [0.2, 0.25) is 0 Å². The van der Waals surface area contributed by atoms with Crippen LogP contribution in [-0.4, -0.2) is 31.2 Å². The van der Waals surface area contributed by atoms with Crippen LogP contribution in [0, 0.1) is 0 Å². The van der Waals surface area contributed by atoms with E-state index in [0.717, 1.165) is 12.0 Å². The van der Waals surface area contributed by atoms with E-state index >= 15 is 0 Å². The van der Waals surface area contributed by atoms with E-state index < -0.39 is 11.4 Å². The van der Waals surface area contributed by atoms with Crippen LogP contribution in [0.4, 0.5) is 13.2 Å². The van der Waals surface area contributed by atoms with Gasteiger partial charge in [-0.25, -0.2) is 9.97 Å². The average Bonchev–Trinajstić information content (AvgIpc) is 3.19. The standard InChI is InChI=1S/C20H20F3N5OS/c1-3-13-5-6-17(24-10-13)28-18(26-12-27-28)11-25-19(29)15-7-14(4-2)8-16(9-15)30-20(21,22)23/h5-10,12H,3-4,11H2,1-2H3,(H,25,29). The molecule has 0 radical (unpaired) electrons. The summed E-state index contributed by atoms with van der Waals surface area (Å²) < 4.78 is 39.7. The fraction of sp³-hybridized carbons (Fsp3) is 0.300. The molecule has 2 heterocycles. The number of carbonyl (C=O) groups is 1. The molecule has 0 atom stereocenters. The third-order valence-electron chi connectivity index (χ3n) is 4.33. The van der Waals surface area contributed by atoms with Gasteiger partial charge < -0.3 is 5.32 Å². The van der Waals surface area contributed by atoms with Crippen LogP contribution >= 0.6 is 11.8 Å². The molecule has 0 aliphatic heterocycles. The minimum absolute atomic E-state index is 0.0182. The van der Waals surface area contributed by atoms with Gasteiger partial charge in [0.25, 0.3) is 5.91 Å². The second kappa shape index (κ2) is 9.29. The Kier molecular flexibility index (Phi) is 6.76. The van der Waals surface area contributed by atoms with Gasteiger partial charge in [0.2, 0.25) is 0 Å². The number of hydrogen-bond acceptors (Lipinski definition) is 5. The van der Waals surface area contributed by atoms with E-state index in [4.69, 9.17) is 0 Å². The number of thioether (sulfide) groups is 1. The third-order valence-corrected chi connectivity index (χ3v) is 5.03. The summed E-state index contributed by atoms with van der Waals surface area (Å²) in [6.45, 7) is 3.89. The molecule has 2 aromatic heterocycles. The molecule has 3 rings (SSSR count). The fourth-order valence-electron chi connectivity index (χ4n) is 2.78. The van der Waals surface area contributed by atoms with Crippen molar-refractivity contribution in [2.45, 2.75) is 43.6 Å². The molecule has 1 aromatic carbocycles. The smallest absolute Gasteiger partial charge is 0.345 e. The summed E-state index contributed by atoms with van der Waals surface area (Å²) in [6, 6.07) is 8.01. The summed E-state index contributed by atoms with van der Waals surface area (Å²) in [6.07, 6.45) is 4.47. The van der Waals surface area contributed by atoms with Crippen LogP contribution in [-0.2, 0) is 19.4 Å². The average molecular weight is 435 g/mol. The molecule has 6 nitrogen and oxygen atoms in total. The lowest BCUT2D eigenvalue weighted by Crippen LogP contribution is -2.25. The number of benzene rings is 1. The third kappa shape index (κ3) is 5.59. The number of nitrogens with zero attached hydrogens (tertiary/aromatic N) is 4. The number of rotatable bonds is 7. The topological polar surface area (TPSA) is 72.7 Å². The van der Waals surface area contributed by atoms with Crippen LogP contribution in [0.1, 0.15) is 41.2 Å². The second-order valence-corrected chi connectivity index (χ2v) is 7.55. The minimum atomic E-state index is -4.42. The van der Waals surface area contributed by atoms with E-state index in [2.05, 4.69) is 20.4 Å². The van der Waals surface area contributed by atoms with Gasteiger partial charge in [0, 0.05) is 16.7 Å². The van der Waals surface area contributed by atoms with Gasteiger partial charge in [-0.3, -0.25) is 4.79 Å². The van der Waals surface area contributed by atoms with Crippen LogP contribution < -0.4 is 5.32 Å². The molecule has 1 amide bonds. The zero-order valence-corrected chi connectivity index (χ0v) is 17.2. The Morgan fingerprint density at radius 1 is 1.10 bits per heavy atom. The Hall–Kier alpha value is -2.88. The van der Waals surface area contributed by atoms with Gasteiger partial charge in [-0.05, 0) is 60.0 Å². The maximum absolute atomic E-state index is 12.7. The van der Waals surface area contributed by atoms with Crippen molar-refractivity contribution in [3.8, 4) is 5.82 Å². The van der Waals surface area contributed by atoms with Crippen molar-refractivity contribution in [3.05, 3.63) is 65.4 Å². The molecule has 0 bridgehead atoms. The minimum Gasteiger partial charge on any atom is -0.345 e. The summed E-state index contributed by atoms with van der Waals surface area (Å²) in [7, 11) is 0. The molecular formula is C20H20F3N5OS. The van der Waals surface area contributed by atoms with Crippen LogP contribution in [0.25, 0.3) is 5.82 Å². The number of alkyl halides is 3. The zero-order chi connectivity index (χ0) is 21.7. The predicted molar refractivity (Wildman–Crippen MR) is 107 cm³/mol. The molecule has 158 valence electrons. The Morgan fingerprint density at radius 3 is 2.50 bits per heavy atom. The highest BCUT2D eigenvalue weighted by Crippen LogP contribution is 2.37. The number of hydrogen-bond donors (Lipinski definition) is 1. The van der Waals surface area contributed by atoms with Gasteiger partial charge in [0.1, 0.15) is 6.33 Å². The number of amides is 1. The summed E-state index contributed by atoms with van der Waals surface area (Å²) in [5.41, 5.74) is -2.52. The van der Waals surface area contributed by atoms with E-state index in [1.54, 1.807) is 12.3 Å². The molecule has 30 heavy (non-hydrogen) atoms. The quantitative estimate of drug-likeness (QED) is 0.560. The molecule has 10 heteroatoms. The monoisotopic (exact) mass is 435 g/mol. The van der Waals surface area contributed by atoms with Crippen molar-refractivity contribution in [1.29, 1.82) is 0 Å². The van der Waals surface area contributed by atoms with Crippen molar-refractivity contribution in [1.82, 2.24) is 25.1 Å². The number of nitrogens with one attached hydrogen (secondary N) is 1. The SMILES string of the molecule is CCc1ccc(-n2ncnc2CNC(=O)c2cc(CC)cc(SC(F)(F)F)c2)nc1. The first kappa shape index (κ1) is 21.8. The van der Waals surface area contributed by atoms with E-state index in [1.165, 1.54) is 23.1 Å². The highest BCUT2D eigenvalue weighted by Gasteiger charge is 2.29. The van der Waals surface area contributed by atoms with Gasteiger partial charge in [-0.2, -0.15) is 23.0 Å². The summed E-state index contributed by atoms with van der Waals surface area (Å²) >= 11 is -0.234. The van der Waals surface area contributed by atoms with Gasteiger partial charge in [-0.1, -0.05) is 19.9 Å². The Morgan fingerprint density at radius 2 is 1.87 bits per heavy atom. The predicted octanol–water partition coefficient (Wildman–Crippen LogP) is 4.33. The van der Waals surface area contributed by atoms with Crippen molar-refractivity contribution in [3.63, 3.8) is 0 Å². The van der Waals surface area contributed by atoms with E-state index in [1.807, 2.05) is 26.0 Å². The van der Waals surface area contributed by atoms with E-state index in [0.29, 0.717) is 23.6 Å². The molecule has 0 saturated heterocycles. The first-order chi connectivity index (χ1) is 14.3. The highest BCUT2D eigenvalue weighted by atomic mass is 32.2. The lowest BCUT2D eigenvalue weighted by atomic mass is 10.1. The van der Waals surface area contributed by atoms with Gasteiger partial charge in [-0.15, -0.1) is 0 Å². The molecular weight excluding hydrogens is 415 g/mol. The maximum Gasteiger partial charge on any atom is 0.446 e. The maximum atomic E-state index is 12.7. The molecule has 0 spiro atoms. The Bertz CT molecular complexity index is 1020. The van der Waals surface area contributed by atoms with E-state index in [-0.39, 0.29) is 28.8 Å². The van der Waals surface area contributed by atoms with Gasteiger partial charge in [0.15, 0.2) is 11.6 Å². The highest BCUT2D eigenvalue weighted by molar-refractivity contribution is 8.00. The molecule has 1 N–H and O–H groups in total. The molecule has 0 unspecified atom stereocenters.